The van der Waals surface area contributed by atoms with E-state index in [1.165, 1.54) is 38.5 Å². The number of anilines is 2. The van der Waals surface area contributed by atoms with Gasteiger partial charge in [0, 0.05) is 24.5 Å². The van der Waals surface area contributed by atoms with E-state index in [-0.39, 0.29) is 11.1 Å². The molecule has 0 unspecified atom stereocenters. The van der Waals surface area contributed by atoms with Gasteiger partial charge in [0.1, 0.15) is 0 Å². The van der Waals surface area contributed by atoms with Gasteiger partial charge in [0.15, 0.2) is 6.61 Å². The highest BCUT2D eigenvalue weighted by molar-refractivity contribution is 6.04. The molecule has 0 spiro atoms. The molecule has 3 rings (SSSR count). The molecular formula is C22H24N2O5. The van der Waals surface area contributed by atoms with Gasteiger partial charge in [0.05, 0.1) is 18.2 Å². The smallest absolute Gasteiger partial charge is 0.339 e. The molecule has 29 heavy (non-hydrogen) atoms. The Labute approximate surface area is 169 Å². The van der Waals surface area contributed by atoms with Gasteiger partial charge in [0.25, 0.3) is 5.91 Å². The largest absolute Gasteiger partial charge is 0.465 e. The normalized spacial score (nSPS) is 13.5. The van der Waals surface area contributed by atoms with Crippen LogP contribution in [-0.2, 0) is 14.3 Å². The maximum atomic E-state index is 12.2. The summed E-state index contributed by atoms with van der Waals surface area (Å²) >= 11 is 0. The molecule has 1 saturated heterocycles. The summed E-state index contributed by atoms with van der Waals surface area (Å²) in [5, 5.41) is 2.70. The molecular weight excluding hydrogens is 372 g/mol. The van der Waals surface area contributed by atoms with Crippen molar-refractivity contribution < 1.29 is 23.9 Å². The van der Waals surface area contributed by atoms with E-state index in [2.05, 4.69) is 15.0 Å². The molecule has 1 aliphatic rings. The molecule has 1 N–H and O–H groups in total. The zero-order valence-corrected chi connectivity index (χ0v) is 16.3. The minimum absolute atomic E-state index is 0.0537. The number of hydrogen-bond acceptors (Lipinski definition) is 6. The number of esters is 2. The third-order valence-electron chi connectivity index (χ3n) is 4.76. The van der Waals surface area contributed by atoms with Crippen LogP contribution in [0.2, 0.25) is 0 Å². The van der Waals surface area contributed by atoms with Gasteiger partial charge in [0.2, 0.25) is 0 Å². The number of amides is 1. The Hall–Kier alpha value is -3.35. The summed E-state index contributed by atoms with van der Waals surface area (Å²) in [6.45, 7) is 1.64. The molecule has 0 saturated carbocycles. The molecule has 0 aromatic heterocycles. The molecule has 7 nitrogen and oxygen atoms in total. The fourth-order valence-corrected chi connectivity index (χ4v) is 3.26. The summed E-state index contributed by atoms with van der Waals surface area (Å²) in [5.74, 6) is -1.86. The second-order valence-electron chi connectivity index (χ2n) is 6.76. The van der Waals surface area contributed by atoms with Gasteiger partial charge in [-0.15, -0.1) is 0 Å². The van der Waals surface area contributed by atoms with E-state index in [4.69, 9.17) is 4.74 Å². The Kier molecular flexibility index (Phi) is 6.84. The number of hydrogen-bond donors (Lipinski definition) is 1. The molecule has 0 radical (unpaired) electrons. The van der Waals surface area contributed by atoms with Crippen molar-refractivity contribution in [1.29, 1.82) is 0 Å². The van der Waals surface area contributed by atoms with Gasteiger partial charge in [-0.05, 0) is 55.7 Å². The molecule has 7 heteroatoms. The SMILES string of the molecule is COC(=O)c1ccccc1C(=O)OCC(=O)Nc1ccc(N2CCCCC2)cc1. The van der Waals surface area contributed by atoms with Crippen LogP contribution in [0.5, 0.6) is 0 Å². The highest BCUT2D eigenvalue weighted by Crippen LogP contribution is 2.21. The number of carbonyl (C=O) groups is 3. The van der Waals surface area contributed by atoms with Crippen molar-refractivity contribution in [3.05, 3.63) is 59.7 Å². The van der Waals surface area contributed by atoms with Crippen LogP contribution in [0.4, 0.5) is 11.4 Å². The monoisotopic (exact) mass is 396 g/mol. The zero-order valence-electron chi connectivity index (χ0n) is 16.3. The molecule has 2 aromatic rings. The molecule has 0 bridgehead atoms. The van der Waals surface area contributed by atoms with E-state index in [0.717, 1.165) is 18.8 Å². The highest BCUT2D eigenvalue weighted by atomic mass is 16.5. The number of rotatable bonds is 6. The number of piperidine rings is 1. The summed E-state index contributed by atoms with van der Waals surface area (Å²) in [7, 11) is 1.23. The van der Waals surface area contributed by atoms with Gasteiger partial charge in [-0.1, -0.05) is 12.1 Å². The first-order valence-electron chi connectivity index (χ1n) is 9.58. The van der Waals surface area contributed by atoms with Crippen molar-refractivity contribution >= 4 is 29.2 Å². The Bertz CT molecular complexity index is 873. The molecule has 1 fully saturated rings. The highest BCUT2D eigenvalue weighted by Gasteiger charge is 2.19. The summed E-state index contributed by atoms with van der Waals surface area (Å²) in [5.41, 5.74) is 1.90. The fraction of sp³-hybridized carbons (Fsp3) is 0.318. The minimum atomic E-state index is -0.762. The molecule has 152 valence electrons. The van der Waals surface area contributed by atoms with E-state index < -0.39 is 24.5 Å². The summed E-state index contributed by atoms with van der Waals surface area (Å²) in [6.07, 6.45) is 3.67. The number of benzene rings is 2. The van der Waals surface area contributed by atoms with E-state index in [9.17, 15) is 14.4 Å². The molecule has 1 amide bonds. The van der Waals surface area contributed by atoms with Gasteiger partial charge in [-0.2, -0.15) is 0 Å². The van der Waals surface area contributed by atoms with Crippen LogP contribution in [0.3, 0.4) is 0 Å². The molecule has 2 aromatic carbocycles. The second kappa shape index (κ2) is 9.73. The van der Waals surface area contributed by atoms with E-state index >= 15 is 0 Å². The van der Waals surface area contributed by atoms with Crippen LogP contribution in [0.15, 0.2) is 48.5 Å². The fourth-order valence-electron chi connectivity index (χ4n) is 3.26. The van der Waals surface area contributed by atoms with Crippen molar-refractivity contribution in [2.45, 2.75) is 19.3 Å². The van der Waals surface area contributed by atoms with E-state index in [1.807, 2.05) is 24.3 Å². The van der Waals surface area contributed by atoms with Gasteiger partial charge in [-0.25, -0.2) is 9.59 Å². The number of methoxy groups -OCH3 is 1. The Morgan fingerprint density at radius 2 is 1.52 bits per heavy atom. The van der Waals surface area contributed by atoms with Gasteiger partial charge in [-0.3, -0.25) is 4.79 Å². The number of carbonyl (C=O) groups excluding carboxylic acids is 3. The van der Waals surface area contributed by atoms with Gasteiger partial charge >= 0.3 is 11.9 Å². The molecule has 0 aliphatic carbocycles. The van der Waals surface area contributed by atoms with E-state index in [1.54, 1.807) is 12.1 Å². The van der Waals surface area contributed by atoms with Crippen LogP contribution in [0, 0.1) is 0 Å². The zero-order chi connectivity index (χ0) is 20.6. The van der Waals surface area contributed by atoms with Crippen LogP contribution in [0.1, 0.15) is 40.0 Å². The second-order valence-corrected chi connectivity index (χ2v) is 6.76. The van der Waals surface area contributed by atoms with Crippen molar-refractivity contribution in [2.75, 3.05) is 37.0 Å². The third-order valence-corrected chi connectivity index (χ3v) is 4.76. The Morgan fingerprint density at radius 1 is 0.897 bits per heavy atom. The lowest BCUT2D eigenvalue weighted by Crippen LogP contribution is -2.29. The lowest BCUT2D eigenvalue weighted by molar-refractivity contribution is -0.119. The quantitative estimate of drug-likeness (QED) is 0.755. The molecule has 1 heterocycles. The summed E-state index contributed by atoms with van der Waals surface area (Å²) in [4.78, 5) is 38.4. The topological polar surface area (TPSA) is 84.9 Å². The average Bonchev–Trinajstić information content (AvgIpc) is 2.78. The first-order valence-corrected chi connectivity index (χ1v) is 9.58. The van der Waals surface area contributed by atoms with Crippen LogP contribution in [-0.4, -0.2) is 44.7 Å². The van der Waals surface area contributed by atoms with Crippen molar-refractivity contribution in [2.24, 2.45) is 0 Å². The summed E-state index contributed by atoms with van der Waals surface area (Å²) < 4.78 is 9.70. The maximum absolute atomic E-state index is 12.2. The average molecular weight is 396 g/mol. The first kappa shape index (κ1) is 20.4. The van der Waals surface area contributed by atoms with Crippen molar-refractivity contribution in [3.63, 3.8) is 0 Å². The van der Waals surface area contributed by atoms with Gasteiger partial charge < -0.3 is 19.7 Å². The third kappa shape index (κ3) is 5.34. The lowest BCUT2D eigenvalue weighted by Gasteiger charge is -2.28. The Balaban J connectivity index is 1.53. The number of nitrogens with zero attached hydrogens (tertiary/aromatic N) is 1. The first-order chi connectivity index (χ1) is 14.1. The number of ether oxygens (including phenoxy) is 2. The Morgan fingerprint density at radius 3 is 2.14 bits per heavy atom. The van der Waals surface area contributed by atoms with Crippen LogP contribution in [0.25, 0.3) is 0 Å². The van der Waals surface area contributed by atoms with Crippen LogP contribution < -0.4 is 10.2 Å². The minimum Gasteiger partial charge on any atom is -0.465 e. The van der Waals surface area contributed by atoms with Crippen molar-refractivity contribution in [3.8, 4) is 0 Å². The lowest BCUT2D eigenvalue weighted by atomic mass is 10.1. The number of nitrogens with one attached hydrogen (secondary N) is 1. The summed E-state index contributed by atoms with van der Waals surface area (Å²) in [6, 6.07) is 13.7. The van der Waals surface area contributed by atoms with E-state index in [0.29, 0.717) is 5.69 Å². The predicted molar refractivity (Wildman–Crippen MR) is 109 cm³/mol. The predicted octanol–water partition coefficient (Wildman–Crippen LogP) is 3.26. The molecule has 1 aliphatic heterocycles. The standard InChI is InChI=1S/C22H24N2O5/c1-28-21(26)18-7-3-4-8-19(18)22(27)29-15-20(25)23-16-9-11-17(12-10-16)24-13-5-2-6-14-24/h3-4,7-12H,2,5-6,13-15H2,1H3,(H,23,25). The molecule has 0 atom stereocenters. The van der Waals surface area contributed by atoms with Crippen LogP contribution >= 0.6 is 0 Å². The maximum Gasteiger partial charge on any atom is 0.339 e. The van der Waals surface area contributed by atoms with Crippen molar-refractivity contribution in [1.82, 2.24) is 0 Å².